The monoisotopic (exact) mass is 250 g/mol. The van der Waals surface area contributed by atoms with Gasteiger partial charge in [-0.1, -0.05) is 6.42 Å². The van der Waals surface area contributed by atoms with E-state index in [2.05, 4.69) is 20.2 Å². The van der Waals surface area contributed by atoms with Gasteiger partial charge in [-0.3, -0.25) is 0 Å². The van der Waals surface area contributed by atoms with Crippen LogP contribution in [0.1, 0.15) is 26.2 Å². The Morgan fingerprint density at radius 1 is 1.50 bits per heavy atom. The third-order valence-electron chi connectivity index (χ3n) is 3.16. The molecule has 18 heavy (non-hydrogen) atoms. The normalized spacial score (nSPS) is 19.6. The smallest absolute Gasteiger partial charge is 0.228 e. The SMILES string of the molecule is CCOc1ccnc(N(C)CC2CCCCN2)n1. The highest BCUT2D eigenvalue weighted by Crippen LogP contribution is 2.14. The van der Waals surface area contributed by atoms with E-state index in [0.29, 0.717) is 18.5 Å². The van der Waals surface area contributed by atoms with Crippen molar-refractivity contribution in [3.05, 3.63) is 12.3 Å². The summed E-state index contributed by atoms with van der Waals surface area (Å²) >= 11 is 0. The first-order chi connectivity index (χ1) is 8.79. The van der Waals surface area contributed by atoms with Gasteiger partial charge in [0.15, 0.2) is 0 Å². The van der Waals surface area contributed by atoms with Crippen molar-refractivity contribution in [3.8, 4) is 5.88 Å². The first kappa shape index (κ1) is 13.1. The zero-order valence-electron chi connectivity index (χ0n) is 11.2. The van der Waals surface area contributed by atoms with Gasteiger partial charge in [-0.05, 0) is 26.3 Å². The molecule has 1 aromatic rings. The predicted octanol–water partition coefficient (Wildman–Crippen LogP) is 1.45. The van der Waals surface area contributed by atoms with Crippen molar-refractivity contribution in [2.75, 3.05) is 31.6 Å². The van der Waals surface area contributed by atoms with Crippen LogP contribution < -0.4 is 15.0 Å². The Kier molecular flexibility index (Phi) is 4.75. The van der Waals surface area contributed by atoms with Crippen LogP contribution in [0.3, 0.4) is 0 Å². The fraction of sp³-hybridized carbons (Fsp3) is 0.692. The highest BCUT2D eigenvalue weighted by atomic mass is 16.5. The molecule has 0 amide bonds. The minimum absolute atomic E-state index is 0.545. The first-order valence-electron chi connectivity index (χ1n) is 6.70. The van der Waals surface area contributed by atoms with E-state index in [4.69, 9.17) is 4.74 Å². The van der Waals surface area contributed by atoms with Crippen LogP contribution in [-0.4, -0.2) is 42.8 Å². The molecule has 1 aliphatic heterocycles. The summed E-state index contributed by atoms with van der Waals surface area (Å²) in [6, 6.07) is 2.34. The highest BCUT2D eigenvalue weighted by molar-refractivity contribution is 5.31. The number of nitrogens with zero attached hydrogens (tertiary/aromatic N) is 3. The second-order valence-electron chi connectivity index (χ2n) is 4.66. The summed E-state index contributed by atoms with van der Waals surface area (Å²) in [5.41, 5.74) is 0. The van der Waals surface area contributed by atoms with E-state index in [0.717, 1.165) is 19.0 Å². The molecule has 1 unspecified atom stereocenters. The molecule has 0 saturated carbocycles. The van der Waals surface area contributed by atoms with Crippen LogP contribution in [0.5, 0.6) is 5.88 Å². The molecular formula is C13H22N4O. The Labute approximate surface area is 109 Å². The minimum Gasteiger partial charge on any atom is -0.478 e. The van der Waals surface area contributed by atoms with Crippen LogP contribution >= 0.6 is 0 Å². The molecule has 5 nitrogen and oxygen atoms in total. The Balaban J connectivity index is 1.94. The number of anilines is 1. The van der Waals surface area contributed by atoms with Crippen molar-refractivity contribution in [2.24, 2.45) is 0 Å². The fourth-order valence-corrected chi connectivity index (χ4v) is 2.24. The predicted molar refractivity (Wildman–Crippen MR) is 72.1 cm³/mol. The van der Waals surface area contributed by atoms with E-state index in [1.165, 1.54) is 19.3 Å². The summed E-state index contributed by atoms with van der Waals surface area (Å²) < 4.78 is 5.39. The summed E-state index contributed by atoms with van der Waals surface area (Å²) in [5.74, 6) is 1.37. The van der Waals surface area contributed by atoms with E-state index in [9.17, 15) is 0 Å². The second kappa shape index (κ2) is 6.54. The van der Waals surface area contributed by atoms with Crippen LogP contribution in [0.4, 0.5) is 5.95 Å². The standard InChI is InChI=1S/C13H22N4O/c1-3-18-12-7-9-15-13(16-12)17(2)10-11-6-4-5-8-14-11/h7,9,11,14H,3-6,8,10H2,1-2H3. The molecule has 0 bridgehead atoms. The van der Waals surface area contributed by atoms with Crippen molar-refractivity contribution < 1.29 is 4.74 Å². The van der Waals surface area contributed by atoms with Gasteiger partial charge in [-0.15, -0.1) is 0 Å². The number of likely N-dealkylation sites (N-methyl/N-ethyl adjacent to an activating group) is 1. The number of hydrogen-bond donors (Lipinski definition) is 1. The molecule has 1 aromatic heterocycles. The van der Waals surface area contributed by atoms with Crippen LogP contribution in [0.15, 0.2) is 12.3 Å². The lowest BCUT2D eigenvalue weighted by molar-refractivity contribution is 0.326. The van der Waals surface area contributed by atoms with Gasteiger partial charge >= 0.3 is 0 Å². The van der Waals surface area contributed by atoms with Gasteiger partial charge < -0.3 is 15.0 Å². The lowest BCUT2D eigenvalue weighted by atomic mass is 10.0. The van der Waals surface area contributed by atoms with Gasteiger partial charge in [-0.25, -0.2) is 4.98 Å². The summed E-state index contributed by atoms with van der Waals surface area (Å²) in [7, 11) is 2.03. The molecule has 0 aromatic carbocycles. The summed E-state index contributed by atoms with van der Waals surface area (Å²) in [6.07, 6.45) is 5.58. The number of ether oxygens (including phenoxy) is 1. The number of rotatable bonds is 5. The van der Waals surface area contributed by atoms with Gasteiger partial charge in [0, 0.05) is 31.9 Å². The van der Waals surface area contributed by atoms with Crippen LogP contribution in [-0.2, 0) is 0 Å². The molecule has 2 heterocycles. The van der Waals surface area contributed by atoms with Crippen molar-refractivity contribution in [1.29, 1.82) is 0 Å². The number of aromatic nitrogens is 2. The molecule has 1 fully saturated rings. The van der Waals surface area contributed by atoms with E-state index in [1.807, 2.05) is 14.0 Å². The molecular weight excluding hydrogens is 228 g/mol. The van der Waals surface area contributed by atoms with E-state index in [1.54, 1.807) is 12.3 Å². The number of hydrogen-bond acceptors (Lipinski definition) is 5. The highest BCUT2D eigenvalue weighted by Gasteiger charge is 2.16. The van der Waals surface area contributed by atoms with Gasteiger partial charge in [0.25, 0.3) is 0 Å². The average molecular weight is 250 g/mol. The second-order valence-corrected chi connectivity index (χ2v) is 4.66. The largest absolute Gasteiger partial charge is 0.478 e. The van der Waals surface area contributed by atoms with E-state index >= 15 is 0 Å². The molecule has 100 valence electrons. The summed E-state index contributed by atoms with van der Waals surface area (Å²) in [5, 5.41) is 3.53. The summed E-state index contributed by atoms with van der Waals surface area (Å²) in [4.78, 5) is 10.8. The fourth-order valence-electron chi connectivity index (χ4n) is 2.24. The molecule has 1 saturated heterocycles. The van der Waals surface area contributed by atoms with E-state index in [-0.39, 0.29) is 0 Å². The summed E-state index contributed by atoms with van der Waals surface area (Å²) in [6.45, 7) is 4.65. The molecule has 1 N–H and O–H groups in total. The van der Waals surface area contributed by atoms with Gasteiger partial charge in [0.05, 0.1) is 6.61 Å². The zero-order valence-corrected chi connectivity index (χ0v) is 11.2. The van der Waals surface area contributed by atoms with Crippen LogP contribution in [0.2, 0.25) is 0 Å². The van der Waals surface area contributed by atoms with Crippen LogP contribution in [0.25, 0.3) is 0 Å². The van der Waals surface area contributed by atoms with Crippen molar-refractivity contribution in [1.82, 2.24) is 15.3 Å². The number of nitrogens with one attached hydrogen (secondary N) is 1. The topological polar surface area (TPSA) is 50.3 Å². The van der Waals surface area contributed by atoms with Gasteiger partial charge in [0.2, 0.25) is 11.8 Å². The Bertz CT molecular complexity index is 366. The number of piperidine rings is 1. The Morgan fingerprint density at radius 2 is 2.39 bits per heavy atom. The van der Waals surface area contributed by atoms with Gasteiger partial charge in [-0.2, -0.15) is 4.98 Å². The van der Waals surface area contributed by atoms with Crippen LogP contribution in [0, 0.1) is 0 Å². The lowest BCUT2D eigenvalue weighted by Crippen LogP contribution is -2.42. The molecule has 1 aliphatic rings. The molecule has 0 spiro atoms. The lowest BCUT2D eigenvalue weighted by Gasteiger charge is -2.28. The maximum absolute atomic E-state index is 5.39. The quantitative estimate of drug-likeness (QED) is 0.857. The average Bonchev–Trinajstić information content (AvgIpc) is 2.40. The molecule has 5 heteroatoms. The molecule has 0 radical (unpaired) electrons. The Hall–Kier alpha value is -1.36. The molecule has 0 aliphatic carbocycles. The minimum atomic E-state index is 0.545. The maximum Gasteiger partial charge on any atom is 0.228 e. The molecule has 1 atom stereocenters. The van der Waals surface area contributed by atoms with Crippen molar-refractivity contribution >= 4 is 5.95 Å². The Morgan fingerprint density at radius 3 is 3.11 bits per heavy atom. The third-order valence-corrected chi connectivity index (χ3v) is 3.16. The van der Waals surface area contributed by atoms with E-state index < -0.39 is 0 Å². The molecule has 2 rings (SSSR count). The van der Waals surface area contributed by atoms with Crippen molar-refractivity contribution in [3.63, 3.8) is 0 Å². The van der Waals surface area contributed by atoms with Gasteiger partial charge in [0.1, 0.15) is 0 Å². The van der Waals surface area contributed by atoms with Crippen molar-refractivity contribution in [2.45, 2.75) is 32.2 Å². The zero-order chi connectivity index (χ0) is 12.8. The maximum atomic E-state index is 5.39. The third kappa shape index (κ3) is 3.57. The first-order valence-corrected chi connectivity index (χ1v) is 6.70.